The van der Waals surface area contributed by atoms with Gasteiger partial charge in [-0.05, 0) is 49.4 Å². The van der Waals surface area contributed by atoms with Gasteiger partial charge in [0.1, 0.15) is 0 Å². The molecule has 2 atom stereocenters. The van der Waals surface area contributed by atoms with Crippen molar-refractivity contribution in [3.8, 4) is 0 Å². The Morgan fingerprint density at radius 1 is 1.21 bits per heavy atom. The molecule has 1 fully saturated rings. The molecule has 0 aliphatic heterocycles. The zero-order valence-corrected chi connectivity index (χ0v) is 18.1. The zero-order valence-electron chi connectivity index (χ0n) is 18.1. The summed E-state index contributed by atoms with van der Waals surface area (Å²) in [7, 11) is 0. The van der Waals surface area contributed by atoms with E-state index in [4.69, 9.17) is 17.2 Å². The van der Waals surface area contributed by atoms with Crippen LogP contribution in [-0.2, 0) is 0 Å². The van der Waals surface area contributed by atoms with Crippen molar-refractivity contribution in [2.24, 2.45) is 11.5 Å². The Labute approximate surface area is 177 Å². The predicted molar refractivity (Wildman–Crippen MR) is 127 cm³/mol. The minimum atomic E-state index is -0.173. The number of hydrogen-bond acceptors (Lipinski definition) is 5. The van der Waals surface area contributed by atoms with Gasteiger partial charge in [0.25, 0.3) is 0 Å². The molecule has 0 amide bonds. The van der Waals surface area contributed by atoms with Crippen LogP contribution in [-0.4, -0.2) is 37.8 Å². The average Bonchev–Trinajstić information content (AvgIpc) is 2.75. The van der Waals surface area contributed by atoms with Gasteiger partial charge in [0.05, 0.1) is 0 Å². The fourth-order valence-electron chi connectivity index (χ4n) is 3.97. The normalized spacial score (nSPS) is 18.2. The van der Waals surface area contributed by atoms with Crippen molar-refractivity contribution < 1.29 is 0 Å². The van der Waals surface area contributed by atoms with E-state index in [-0.39, 0.29) is 6.04 Å². The van der Waals surface area contributed by atoms with Crippen LogP contribution in [0.25, 0.3) is 6.08 Å². The summed E-state index contributed by atoms with van der Waals surface area (Å²) in [5.41, 5.74) is 21.0. The number of para-hydroxylation sites is 1. The fourth-order valence-corrected chi connectivity index (χ4v) is 3.97. The van der Waals surface area contributed by atoms with E-state index in [1.54, 1.807) is 0 Å². The van der Waals surface area contributed by atoms with Gasteiger partial charge in [-0.3, -0.25) is 0 Å². The first-order valence-electron chi connectivity index (χ1n) is 11.3. The molecule has 5 heteroatoms. The van der Waals surface area contributed by atoms with Gasteiger partial charge in [0.15, 0.2) is 0 Å². The fraction of sp³-hybridized carbons (Fsp3) is 0.583. The molecule has 2 rings (SSSR count). The van der Waals surface area contributed by atoms with Crippen LogP contribution in [0, 0.1) is 0 Å². The zero-order chi connectivity index (χ0) is 20.9. The lowest BCUT2D eigenvalue weighted by atomic mass is 9.94. The van der Waals surface area contributed by atoms with Gasteiger partial charge in [-0.25, -0.2) is 0 Å². The second-order valence-corrected chi connectivity index (χ2v) is 8.11. The van der Waals surface area contributed by atoms with E-state index >= 15 is 0 Å². The number of benzene rings is 1. The Hall–Kier alpha value is -1.66. The summed E-state index contributed by atoms with van der Waals surface area (Å²) in [6.45, 7) is 4.47. The summed E-state index contributed by atoms with van der Waals surface area (Å²) in [5, 5.41) is 7.46. The summed E-state index contributed by atoms with van der Waals surface area (Å²) in [6, 6.07) is 9.00. The number of hydrogen-bond donors (Lipinski definition) is 5. The highest BCUT2D eigenvalue weighted by Crippen LogP contribution is 2.19. The van der Waals surface area contributed by atoms with Gasteiger partial charge in [0, 0.05) is 36.9 Å². The molecule has 0 saturated heterocycles. The minimum absolute atomic E-state index is 0.173. The summed E-state index contributed by atoms with van der Waals surface area (Å²) in [6.07, 6.45) is 15.1. The molecule has 8 N–H and O–H groups in total. The topological polar surface area (TPSA) is 102 Å². The first kappa shape index (κ1) is 23.6. The molecule has 1 aromatic carbocycles. The van der Waals surface area contributed by atoms with E-state index < -0.39 is 0 Å². The number of nitrogen functional groups attached to an aromatic ring is 1. The first-order valence-corrected chi connectivity index (χ1v) is 11.3. The van der Waals surface area contributed by atoms with Crippen molar-refractivity contribution in [3.63, 3.8) is 0 Å². The molecule has 0 radical (unpaired) electrons. The van der Waals surface area contributed by atoms with Crippen LogP contribution in [0.15, 0.2) is 42.0 Å². The quantitative estimate of drug-likeness (QED) is 0.211. The number of anilines is 1. The van der Waals surface area contributed by atoms with Gasteiger partial charge in [-0.2, -0.15) is 0 Å². The highest BCUT2D eigenvalue weighted by atomic mass is 15.0. The summed E-state index contributed by atoms with van der Waals surface area (Å²) in [5.74, 6) is 0. The van der Waals surface area contributed by atoms with Crippen LogP contribution in [0.1, 0.15) is 57.4 Å². The van der Waals surface area contributed by atoms with Crippen LogP contribution >= 0.6 is 0 Å². The molecule has 0 spiro atoms. The second-order valence-electron chi connectivity index (χ2n) is 8.11. The van der Waals surface area contributed by atoms with E-state index in [9.17, 15) is 0 Å². The van der Waals surface area contributed by atoms with Crippen molar-refractivity contribution in [3.05, 3.63) is 47.6 Å². The standard InChI is InChI=1S/C24H41N5/c1-2-21(29-22-10-4-3-5-11-22)14-16-28-18-20(24(27)13-8-15-25)17-19-9-6-7-12-23(19)26/h6-9,12-13,17,21-22,24,28-29H,2-5,10-11,14-16,18,25-27H2,1H3/b13-8-,20-17+. The number of nitrogens with one attached hydrogen (secondary N) is 2. The second kappa shape index (κ2) is 13.5. The SMILES string of the molecule is CCC(CCNC/C(=C\c1ccccc1N)C(N)/C=C\CN)NC1CCCCC1. The van der Waals surface area contributed by atoms with Gasteiger partial charge in [-0.1, -0.05) is 62.6 Å². The highest BCUT2D eigenvalue weighted by Gasteiger charge is 2.16. The average molecular weight is 400 g/mol. The predicted octanol–water partition coefficient (Wildman–Crippen LogP) is 3.18. The first-order chi connectivity index (χ1) is 14.1. The molecule has 1 aromatic rings. The molecule has 0 aromatic heterocycles. The van der Waals surface area contributed by atoms with Crippen LogP contribution in [0.2, 0.25) is 0 Å². The minimum Gasteiger partial charge on any atom is -0.398 e. The Bertz CT molecular complexity index is 634. The van der Waals surface area contributed by atoms with E-state index in [0.29, 0.717) is 18.6 Å². The van der Waals surface area contributed by atoms with Gasteiger partial charge in [0.2, 0.25) is 0 Å². The molecule has 5 nitrogen and oxygen atoms in total. The molecular formula is C24H41N5. The maximum Gasteiger partial charge on any atom is 0.0456 e. The molecular weight excluding hydrogens is 358 g/mol. The Morgan fingerprint density at radius 3 is 2.66 bits per heavy atom. The van der Waals surface area contributed by atoms with Crippen LogP contribution in [0.3, 0.4) is 0 Å². The number of nitrogens with two attached hydrogens (primary N) is 3. The molecule has 29 heavy (non-hydrogen) atoms. The largest absolute Gasteiger partial charge is 0.398 e. The van der Waals surface area contributed by atoms with Crippen LogP contribution in [0.4, 0.5) is 5.69 Å². The molecule has 0 heterocycles. The third-order valence-corrected chi connectivity index (χ3v) is 5.81. The van der Waals surface area contributed by atoms with E-state index in [1.165, 1.54) is 38.5 Å². The van der Waals surface area contributed by atoms with Gasteiger partial charge < -0.3 is 27.8 Å². The maximum atomic E-state index is 6.39. The van der Waals surface area contributed by atoms with Gasteiger partial charge in [-0.15, -0.1) is 0 Å². The highest BCUT2D eigenvalue weighted by molar-refractivity contribution is 5.67. The number of rotatable bonds is 12. The van der Waals surface area contributed by atoms with Crippen molar-refractivity contribution in [1.82, 2.24) is 10.6 Å². The van der Waals surface area contributed by atoms with Crippen molar-refractivity contribution >= 4 is 11.8 Å². The van der Waals surface area contributed by atoms with E-state index in [1.807, 2.05) is 36.4 Å². The lowest BCUT2D eigenvalue weighted by Gasteiger charge is -2.28. The molecule has 1 saturated carbocycles. The monoisotopic (exact) mass is 399 g/mol. The molecule has 1 aliphatic rings. The lowest BCUT2D eigenvalue weighted by molar-refractivity contribution is 0.321. The Kier molecular flexibility index (Phi) is 11.0. The van der Waals surface area contributed by atoms with Crippen molar-refractivity contribution in [2.45, 2.75) is 70.0 Å². The van der Waals surface area contributed by atoms with E-state index in [0.717, 1.165) is 36.3 Å². The maximum absolute atomic E-state index is 6.39. The molecule has 0 bridgehead atoms. The smallest absolute Gasteiger partial charge is 0.0456 e. The van der Waals surface area contributed by atoms with Crippen LogP contribution < -0.4 is 27.8 Å². The Balaban J connectivity index is 1.89. The molecule has 162 valence electrons. The lowest BCUT2D eigenvalue weighted by Crippen LogP contribution is -2.41. The summed E-state index contributed by atoms with van der Waals surface area (Å²) in [4.78, 5) is 0. The Morgan fingerprint density at radius 2 is 1.97 bits per heavy atom. The molecule has 1 aliphatic carbocycles. The van der Waals surface area contributed by atoms with Crippen LogP contribution in [0.5, 0.6) is 0 Å². The molecule has 2 unspecified atom stereocenters. The summed E-state index contributed by atoms with van der Waals surface area (Å²) >= 11 is 0. The van der Waals surface area contributed by atoms with Crippen molar-refractivity contribution in [1.29, 1.82) is 0 Å². The van der Waals surface area contributed by atoms with Crippen molar-refractivity contribution in [2.75, 3.05) is 25.4 Å². The third-order valence-electron chi connectivity index (χ3n) is 5.81. The third kappa shape index (κ3) is 8.70. The summed E-state index contributed by atoms with van der Waals surface area (Å²) < 4.78 is 0. The van der Waals surface area contributed by atoms with Gasteiger partial charge >= 0.3 is 0 Å². The van der Waals surface area contributed by atoms with E-state index in [2.05, 4.69) is 23.6 Å².